The molecule has 0 fully saturated rings. The molecule has 0 aliphatic rings. The van der Waals surface area contributed by atoms with E-state index in [0.717, 1.165) is 16.5 Å². The van der Waals surface area contributed by atoms with Gasteiger partial charge in [0.25, 0.3) is 0 Å². The molecule has 9 N–H and O–H groups in total. The van der Waals surface area contributed by atoms with Gasteiger partial charge in [-0.25, -0.2) is 0 Å². The number of aromatic amines is 1. The van der Waals surface area contributed by atoms with Gasteiger partial charge in [0.1, 0.15) is 6.04 Å². The quantitative estimate of drug-likeness (QED) is 0.296. The second-order valence-electron chi connectivity index (χ2n) is 6.09. The van der Waals surface area contributed by atoms with E-state index < -0.39 is 48.7 Å². The Morgan fingerprint density at radius 3 is 2.41 bits per heavy atom. The maximum Gasteiger partial charge on any atom is 0.243 e. The molecule has 2 unspecified atom stereocenters. The normalized spacial score (nSPS) is 12.9. The van der Waals surface area contributed by atoms with Crippen molar-refractivity contribution in [3.8, 4) is 0 Å². The van der Waals surface area contributed by atoms with Crippen molar-refractivity contribution in [1.82, 2.24) is 15.6 Å². The van der Waals surface area contributed by atoms with Gasteiger partial charge in [0.05, 0.1) is 19.0 Å². The molecule has 2 rings (SSSR count). The zero-order valence-corrected chi connectivity index (χ0v) is 14.5. The molecular weight excluding hydrogens is 352 g/mol. The molecule has 1 aromatic carbocycles. The minimum Gasteiger partial charge on any atom is -0.370 e. The summed E-state index contributed by atoms with van der Waals surface area (Å²) in [6, 6.07) is 5.35. The van der Waals surface area contributed by atoms with Crippen LogP contribution in [0.4, 0.5) is 0 Å². The Hall–Kier alpha value is -3.40. The number of H-pyrrole nitrogens is 1. The Morgan fingerprint density at radius 1 is 1.04 bits per heavy atom. The summed E-state index contributed by atoms with van der Waals surface area (Å²) in [4.78, 5) is 49.4. The molecule has 0 spiro atoms. The molecule has 0 bridgehead atoms. The number of primary amides is 2. The Balaban J connectivity index is 2.03. The smallest absolute Gasteiger partial charge is 0.243 e. The number of hydrogen-bond acceptors (Lipinski definition) is 5. The van der Waals surface area contributed by atoms with Crippen molar-refractivity contribution in [3.05, 3.63) is 36.0 Å². The molecule has 27 heavy (non-hydrogen) atoms. The van der Waals surface area contributed by atoms with Gasteiger partial charge >= 0.3 is 0 Å². The first-order chi connectivity index (χ1) is 12.8. The Bertz CT molecular complexity index is 862. The van der Waals surface area contributed by atoms with Gasteiger partial charge < -0.3 is 32.8 Å². The van der Waals surface area contributed by atoms with Crippen molar-refractivity contribution < 1.29 is 19.2 Å². The molecule has 0 aliphatic heterocycles. The third kappa shape index (κ3) is 5.54. The van der Waals surface area contributed by atoms with Crippen molar-refractivity contribution in [1.29, 1.82) is 0 Å². The van der Waals surface area contributed by atoms with E-state index in [1.165, 1.54) is 0 Å². The van der Waals surface area contributed by atoms with Gasteiger partial charge in [-0.2, -0.15) is 0 Å². The number of amides is 4. The van der Waals surface area contributed by atoms with E-state index in [-0.39, 0.29) is 6.42 Å². The monoisotopic (exact) mass is 374 g/mol. The molecule has 144 valence electrons. The van der Waals surface area contributed by atoms with E-state index in [1.54, 1.807) is 6.20 Å². The fourth-order valence-electron chi connectivity index (χ4n) is 2.62. The molecule has 2 aromatic rings. The molecule has 0 aliphatic carbocycles. The number of carbonyl (C=O) groups is 4. The van der Waals surface area contributed by atoms with Crippen molar-refractivity contribution in [2.75, 3.05) is 6.54 Å². The summed E-state index contributed by atoms with van der Waals surface area (Å²) in [6.07, 6.45) is 1.55. The largest absolute Gasteiger partial charge is 0.370 e. The molecular formula is C17H22N6O4. The second-order valence-corrected chi connectivity index (χ2v) is 6.09. The van der Waals surface area contributed by atoms with Gasteiger partial charge in [0.15, 0.2) is 0 Å². The van der Waals surface area contributed by atoms with Crippen LogP contribution < -0.4 is 27.8 Å². The molecule has 0 radical (unpaired) electrons. The van der Waals surface area contributed by atoms with Crippen molar-refractivity contribution in [2.45, 2.75) is 24.9 Å². The number of rotatable bonds is 9. The minimum atomic E-state index is -1.25. The molecule has 1 aromatic heterocycles. The van der Waals surface area contributed by atoms with Crippen LogP contribution in [0.15, 0.2) is 30.5 Å². The molecule has 0 saturated heterocycles. The highest BCUT2D eigenvalue weighted by Gasteiger charge is 2.26. The third-order valence-corrected chi connectivity index (χ3v) is 3.93. The standard InChI is InChI=1S/C17H22N6O4/c18-11(5-9-7-21-12-4-2-1-3-10(9)12)16(26)23-13(6-14(19)24)17(27)22-8-15(20)25/h1-4,7,11,13,21H,5-6,8,18H2,(H2,19,24)(H2,20,25)(H,22,27)(H,23,26). The fraction of sp³-hybridized carbons (Fsp3) is 0.294. The number of benzene rings is 1. The van der Waals surface area contributed by atoms with E-state index in [1.807, 2.05) is 24.3 Å². The van der Waals surface area contributed by atoms with Crippen LogP contribution in [-0.2, 0) is 25.6 Å². The molecule has 0 saturated carbocycles. The molecule has 2 atom stereocenters. The average Bonchev–Trinajstić information content (AvgIpc) is 3.01. The van der Waals surface area contributed by atoms with Crippen LogP contribution in [0.2, 0.25) is 0 Å². The fourth-order valence-corrected chi connectivity index (χ4v) is 2.62. The summed E-state index contributed by atoms with van der Waals surface area (Å²) in [7, 11) is 0. The highest BCUT2D eigenvalue weighted by atomic mass is 16.2. The number of carbonyl (C=O) groups excluding carboxylic acids is 4. The first-order valence-corrected chi connectivity index (χ1v) is 8.23. The Morgan fingerprint density at radius 2 is 1.74 bits per heavy atom. The summed E-state index contributed by atoms with van der Waals surface area (Å²) in [5.74, 6) is -2.93. The Labute approximate surface area is 154 Å². The Kier molecular flexibility index (Phi) is 6.50. The number of fused-ring (bicyclic) bond motifs is 1. The zero-order chi connectivity index (χ0) is 20.0. The van der Waals surface area contributed by atoms with Crippen molar-refractivity contribution in [3.63, 3.8) is 0 Å². The number of para-hydroxylation sites is 1. The summed E-state index contributed by atoms with van der Waals surface area (Å²) >= 11 is 0. The van der Waals surface area contributed by atoms with E-state index in [9.17, 15) is 19.2 Å². The van der Waals surface area contributed by atoms with Crippen LogP contribution in [0.3, 0.4) is 0 Å². The van der Waals surface area contributed by atoms with E-state index in [2.05, 4.69) is 15.6 Å². The van der Waals surface area contributed by atoms with Crippen LogP contribution in [0.1, 0.15) is 12.0 Å². The highest BCUT2D eigenvalue weighted by Crippen LogP contribution is 2.18. The lowest BCUT2D eigenvalue weighted by Crippen LogP contribution is -2.54. The summed E-state index contributed by atoms with van der Waals surface area (Å²) in [5, 5.41) is 5.55. The third-order valence-electron chi connectivity index (χ3n) is 3.93. The topological polar surface area (TPSA) is 186 Å². The summed E-state index contributed by atoms with van der Waals surface area (Å²) in [5.41, 5.74) is 17.8. The maximum absolute atomic E-state index is 12.4. The van der Waals surface area contributed by atoms with Crippen LogP contribution in [-0.4, -0.2) is 47.2 Å². The minimum absolute atomic E-state index is 0.224. The number of nitrogens with two attached hydrogens (primary N) is 3. The van der Waals surface area contributed by atoms with Gasteiger partial charge in [-0.1, -0.05) is 18.2 Å². The molecule has 10 nitrogen and oxygen atoms in total. The van der Waals surface area contributed by atoms with Crippen LogP contribution >= 0.6 is 0 Å². The first-order valence-electron chi connectivity index (χ1n) is 8.23. The lowest BCUT2D eigenvalue weighted by molar-refractivity contribution is -0.132. The SMILES string of the molecule is NC(=O)CNC(=O)C(CC(N)=O)NC(=O)C(N)Cc1c[nH]c2ccccc12. The van der Waals surface area contributed by atoms with Crippen molar-refractivity contribution in [2.24, 2.45) is 17.2 Å². The van der Waals surface area contributed by atoms with Crippen LogP contribution in [0, 0.1) is 0 Å². The van der Waals surface area contributed by atoms with Gasteiger partial charge in [-0.15, -0.1) is 0 Å². The molecule has 10 heteroatoms. The van der Waals surface area contributed by atoms with Gasteiger partial charge in [0.2, 0.25) is 23.6 Å². The maximum atomic E-state index is 12.4. The first kappa shape index (κ1) is 19.9. The van der Waals surface area contributed by atoms with Gasteiger partial charge in [-0.05, 0) is 18.1 Å². The second kappa shape index (κ2) is 8.81. The summed E-state index contributed by atoms with van der Waals surface area (Å²) < 4.78 is 0. The number of nitrogens with one attached hydrogen (secondary N) is 3. The lowest BCUT2D eigenvalue weighted by atomic mass is 10.0. The van der Waals surface area contributed by atoms with E-state index >= 15 is 0 Å². The lowest BCUT2D eigenvalue weighted by Gasteiger charge is -2.19. The predicted octanol–water partition coefficient (Wildman–Crippen LogP) is -2.00. The van der Waals surface area contributed by atoms with E-state index in [4.69, 9.17) is 17.2 Å². The zero-order valence-electron chi connectivity index (χ0n) is 14.5. The van der Waals surface area contributed by atoms with E-state index in [0.29, 0.717) is 0 Å². The number of hydrogen-bond donors (Lipinski definition) is 6. The molecule has 4 amide bonds. The van der Waals surface area contributed by atoms with Gasteiger partial charge in [0, 0.05) is 17.1 Å². The average molecular weight is 374 g/mol. The van der Waals surface area contributed by atoms with Crippen molar-refractivity contribution >= 4 is 34.5 Å². The summed E-state index contributed by atoms with van der Waals surface area (Å²) in [6.45, 7) is -0.425. The highest BCUT2D eigenvalue weighted by molar-refractivity contribution is 5.94. The number of aromatic nitrogens is 1. The van der Waals surface area contributed by atoms with Crippen LogP contribution in [0.5, 0.6) is 0 Å². The molecule has 1 heterocycles. The predicted molar refractivity (Wildman–Crippen MR) is 97.9 cm³/mol. The van der Waals surface area contributed by atoms with Gasteiger partial charge in [-0.3, -0.25) is 19.2 Å². The van der Waals surface area contributed by atoms with Crippen LogP contribution in [0.25, 0.3) is 10.9 Å².